The average molecular weight is 300 g/mol. The van der Waals surface area contributed by atoms with Crippen LogP contribution in [0.3, 0.4) is 0 Å². The number of nitrogens with zero attached hydrogens (tertiary/aromatic N) is 1. The molecule has 1 amide bonds. The highest BCUT2D eigenvalue weighted by atomic mass is 35.5. The fourth-order valence-corrected chi connectivity index (χ4v) is 1.68. The number of halogens is 2. The van der Waals surface area contributed by atoms with Crippen LogP contribution >= 0.6 is 23.2 Å². The Morgan fingerprint density at radius 3 is 2.37 bits per heavy atom. The largest absolute Gasteiger partial charge is 0.484 e. The molecular weight excluding hydrogens is 285 g/mol. The number of hydrogen-bond donors (Lipinski definition) is 0. The predicted octanol–water partition coefficient (Wildman–Crippen LogP) is 3.57. The Morgan fingerprint density at radius 1 is 1.21 bits per heavy atom. The topological polar surface area (TPSA) is 29.5 Å². The third kappa shape index (κ3) is 4.97. The van der Waals surface area contributed by atoms with E-state index < -0.39 is 0 Å². The van der Waals surface area contributed by atoms with Gasteiger partial charge in [-0.25, -0.2) is 0 Å². The second-order valence-corrected chi connectivity index (χ2v) is 4.56. The number of carbonyl (C=O) groups is 1. The van der Waals surface area contributed by atoms with Crippen molar-refractivity contribution in [1.82, 2.24) is 4.90 Å². The van der Waals surface area contributed by atoms with Gasteiger partial charge in [-0.1, -0.05) is 35.4 Å². The summed E-state index contributed by atoms with van der Waals surface area (Å²) in [5.41, 5.74) is 0. The second kappa shape index (κ2) is 7.87. The van der Waals surface area contributed by atoms with Gasteiger partial charge in [0, 0.05) is 19.2 Å². The number of ether oxygens (including phenoxy) is 1. The van der Waals surface area contributed by atoms with E-state index >= 15 is 0 Å². The Labute approximate surface area is 123 Å². The molecule has 0 aliphatic rings. The molecule has 19 heavy (non-hydrogen) atoms. The van der Waals surface area contributed by atoms with Gasteiger partial charge in [0.15, 0.2) is 6.61 Å². The summed E-state index contributed by atoms with van der Waals surface area (Å²) in [5, 5.41) is 0.834. The molecule has 0 saturated carbocycles. The first-order chi connectivity index (χ1) is 9.08. The van der Waals surface area contributed by atoms with Crippen LogP contribution in [0.25, 0.3) is 0 Å². The van der Waals surface area contributed by atoms with Gasteiger partial charge in [-0.05, 0) is 12.1 Å². The van der Waals surface area contributed by atoms with E-state index in [0.29, 0.717) is 28.9 Å². The molecule has 0 radical (unpaired) electrons. The Hall–Kier alpha value is -1.45. The van der Waals surface area contributed by atoms with Crippen molar-refractivity contribution in [2.24, 2.45) is 0 Å². The van der Waals surface area contributed by atoms with Crippen molar-refractivity contribution in [3.63, 3.8) is 0 Å². The van der Waals surface area contributed by atoms with Crippen LogP contribution in [0.2, 0.25) is 10.0 Å². The standard InChI is InChI=1S/C14H15Cl2NO2/c1-3-7-17(8-4-2)14(18)10-19-11-5-6-12(15)13(16)9-11/h3-6,9H,1-2,7-8,10H2. The summed E-state index contributed by atoms with van der Waals surface area (Å²) in [6.07, 6.45) is 3.31. The quantitative estimate of drug-likeness (QED) is 0.720. The fraction of sp³-hybridized carbons (Fsp3) is 0.214. The van der Waals surface area contributed by atoms with E-state index in [1.165, 1.54) is 0 Å². The van der Waals surface area contributed by atoms with Gasteiger partial charge in [0.25, 0.3) is 5.91 Å². The summed E-state index contributed by atoms with van der Waals surface area (Å²) in [5.74, 6) is 0.353. The van der Waals surface area contributed by atoms with Crippen molar-refractivity contribution in [1.29, 1.82) is 0 Å². The maximum absolute atomic E-state index is 11.9. The molecule has 0 aliphatic heterocycles. The summed E-state index contributed by atoms with van der Waals surface area (Å²) >= 11 is 11.6. The zero-order valence-corrected chi connectivity index (χ0v) is 12.0. The number of amides is 1. The highest BCUT2D eigenvalue weighted by Crippen LogP contribution is 2.26. The molecule has 1 rings (SSSR count). The van der Waals surface area contributed by atoms with Crippen molar-refractivity contribution in [3.05, 3.63) is 53.6 Å². The Bertz CT molecular complexity index is 465. The van der Waals surface area contributed by atoms with Gasteiger partial charge >= 0.3 is 0 Å². The number of rotatable bonds is 7. The molecule has 0 heterocycles. The van der Waals surface area contributed by atoms with E-state index in [2.05, 4.69) is 13.2 Å². The van der Waals surface area contributed by atoms with Gasteiger partial charge < -0.3 is 9.64 Å². The number of hydrogen-bond acceptors (Lipinski definition) is 2. The molecule has 1 aromatic carbocycles. The van der Waals surface area contributed by atoms with E-state index in [1.54, 1.807) is 35.3 Å². The minimum Gasteiger partial charge on any atom is -0.484 e. The predicted molar refractivity (Wildman–Crippen MR) is 78.9 cm³/mol. The molecule has 102 valence electrons. The zero-order chi connectivity index (χ0) is 14.3. The van der Waals surface area contributed by atoms with Gasteiger partial charge in [0.2, 0.25) is 0 Å². The third-order valence-electron chi connectivity index (χ3n) is 2.31. The maximum Gasteiger partial charge on any atom is 0.261 e. The summed E-state index contributed by atoms with van der Waals surface area (Å²) < 4.78 is 5.37. The number of benzene rings is 1. The normalized spacial score (nSPS) is 9.79. The molecule has 0 fully saturated rings. The monoisotopic (exact) mass is 299 g/mol. The van der Waals surface area contributed by atoms with E-state index in [1.807, 2.05) is 0 Å². The molecule has 0 aromatic heterocycles. The summed E-state index contributed by atoms with van der Waals surface area (Å²) in [4.78, 5) is 13.5. The molecule has 0 N–H and O–H groups in total. The first kappa shape index (κ1) is 15.6. The summed E-state index contributed by atoms with van der Waals surface area (Å²) in [7, 11) is 0. The van der Waals surface area contributed by atoms with E-state index in [4.69, 9.17) is 27.9 Å². The molecule has 0 bridgehead atoms. The van der Waals surface area contributed by atoms with Crippen LogP contribution in [0.5, 0.6) is 5.75 Å². The van der Waals surface area contributed by atoms with Gasteiger partial charge in [-0.15, -0.1) is 13.2 Å². The van der Waals surface area contributed by atoms with E-state index in [-0.39, 0.29) is 12.5 Å². The molecule has 0 aliphatic carbocycles. The highest BCUT2D eigenvalue weighted by molar-refractivity contribution is 6.42. The maximum atomic E-state index is 11.9. The summed E-state index contributed by atoms with van der Waals surface area (Å²) in [6.45, 7) is 8.05. The Kier molecular flexibility index (Phi) is 6.46. The molecule has 1 aromatic rings. The molecule has 3 nitrogen and oxygen atoms in total. The van der Waals surface area contributed by atoms with Crippen LogP contribution in [-0.2, 0) is 4.79 Å². The lowest BCUT2D eigenvalue weighted by atomic mass is 10.3. The van der Waals surface area contributed by atoms with Gasteiger partial charge in [-0.3, -0.25) is 4.79 Å². The summed E-state index contributed by atoms with van der Waals surface area (Å²) in [6, 6.07) is 4.85. The smallest absolute Gasteiger partial charge is 0.261 e. The van der Waals surface area contributed by atoms with Gasteiger partial charge in [-0.2, -0.15) is 0 Å². The van der Waals surface area contributed by atoms with Crippen LogP contribution in [0.4, 0.5) is 0 Å². The fourth-order valence-electron chi connectivity index (χ4n) is 1.39. The third-order valence-corrected chi connectivity index (χ3v) is 3.04. The Balaban J connectivity index is 2.58. The van der Waals surface area contributed by atoms with Crippen molar-refractivity contribution >= 4 is 29.1 Å². The van der Waals surface area contributed by atoms with Crippen LogP contribution in [0.1, 0.15) is 0 Å². The lowest BCUT2D eigenvalue weighted by Crippen LogP contribution is -2.35. The van der Waals surface area contributed by atoms with Crippen LogP contribution in [-0.4, -0.2) is 30.5 Å². The minimum atomic E-state index is -0.147. The van der Waals surface area contributed by atoms with Gasteiger partial charge in [0.05, 0.1) is 10.0 Å². The lowest BCUT2D eigenvalue weighted by Gasteiger charge is -2.19. The Morgan fingerprint density at radius 2 is 1.84 bits per heavy atom. The first-order valence-corrected chi connectivity index (χ1v) is 6.41. The molecule has 0 atom stereocenters. The van der Waals surface area contributed by atoms with E-state index in [0.717, 1.165) is 0 Å². The van der Waals surface area contributed by atoms with Crippen molar-refractivity contribution < 1.29 is 9.53 Å². The molecule has 0 unspecified atom stereocenters. The van der Waals surface area contributed by atoms with Crippen LogP contribution in [0, 0.1) is 0 Å². The number of carbonyl (C=O) groups excluding carboxylic acids is 1. The first-order valence-electron chi connectivity index (χ1n) is 5.66. The minimum absolute atomic E-state index is 0.0698. The molecular formula is C14H15Cl2NO2. The van der Waals surface area contributed by atoms with E-state index in [9.17, 15) is 4.79 Å². The molecule has 0 spiro atoms. The molecule has 5 heteroatoms. The van der Waals surface area contributed by atoms with Crippen molar-refractivity contribution in [2.75, 3.05) is 19.7 Å². The van der Waals surface area contributed by atoms with Crippen LogP contribution < -0.4 is 4.74 Å². The van der Waals surface area contributed by atoms with Crippen molar-refractivity contribution in [3.8, 4) is 5.75 Å². The average Bonchev–Trinajstić information content (AvgIpc) is 2.39. The SMILES string of the molecule is C=CCN(CC=C)C(=O)COc1ccc(Cl)c(Cl)c1. The highest BCUT2D eigenvalue weighted by Gasteiger charge is 2.11. The van der Waals surface area contributed by atoms with Crippen LogP contribution in [0.15, 0.2) is 43.5 Å². The zero-order valence-electron chi connectivity index (χ0n) is 10.4. The van der Waals surface area contributed by atoms with Gasteiger partial charge in [0.1, 0.15) is 5.75 Å². The lowest BCUT2D eigenvalue weighted by molar-refractivity contribution is -0.132. The molecule has 0 saturated heterocycles. The van der Waals surface area contributed by atoms with Crippen molar-refractivity contribution in [2.45, 2.75) is 0 Å². The second-order valence-electron chi connectivity index (χ2n) is 3.74.